The third kappa shape index (κ3) is 5.31. The van der Waals surface area contributed by atoms with Gasteiger partial charge in [-0.25, -0.2) is 4.79 Å². The number of nitrogens with two attached hydrogens (primary N) is 1. The first-order valence-electron chi connectivity index (χ1n) is 13.8. The van der Waals surface area contributed by atoms with Gasteiger partial charge in [-0.1, -0.05) is 60.7 Å². The van der Waals surface area contributed by atoms with E-state index in [4.69, 9.17) is 25.1 Å². The molecule has 3 fully saturated rings. The second-order valence-electron chi connectivity index (χ2n) is 11.0. The molecule has 9 nitrogen and oxygen atoms in total. The average Bonchev–Trinajstić information content (AvgIpc) is 3.48. The number of aliphatic carboxylic acids is 1. The van der Waals surface area contributed by atoms with Gasteiger partial charge in [-0.3, -0.25) is 9.59 Å². The van der Waals surface area contributed by atoms with Crippen molar-refractivity contribution < 1.29 is 38.2 Å². The zero-order chi connectivity index (χ0) is 27.5. The van der Waals surface area contributed by atoms with Crippen molar-refractivity contribution in [2.45, 2.75) is 74.8 Å². The van der Waals surface area contributed by atoms with E-state index in [-0.39, 0.29) is 6.10 Å². The minimum absolute atomic E-state index is 0.221. The summed E-state index contributed by atoms with van der Waals surface area (Å²) in [6.07, 6.45) is 5.75. The fraction of sp³-hybridized carbons (Fsp3) is 0.500. The lowest BCUT2D eigenvalue weighted by atomic mass is 9.85. The number of esters is 2. The van der Waals surface area contributed by atoms with Gasteiger partial charge in [-0.05, 0) is 11.1 Å². The molecule has 1 spiro atoms. The minimum atomic E-state index is -1.70. The number of hydrogen-bond donors (Lipinski definition) is 2. The Balaban J connectivity index is 1.40. The zero-order valence-electron chi connectivity index (χ0n) is 22.1. The molecule has 3 aliphatic rings. The molecule has 2 bridgehead atoms. The number of hydrogen-bond acceptors (Lipinski definition) is 7. The van der Waals surface area contributed by atoms with Crippen LogP contribution in [0.3, 0.4) is 0 Å². The van der Waals surface area contributed by atoms with E-state index in [0.29, 0.717) is 23.2 Å². The van der Waals surface area contributed by atoms with E-state index in [1.165, 1.54) is 43.3 Å². The molecule has 2 aromatic rings. The van der Waals surface area contributed by atoms with Crippen LogP contribution in [-0.2, 0) is 34.2 Å². The molecule has 2 unspecified atom stereocenters. The Bertz CT molecular complexity index is 1110. The predicted molar refractivity (Wildman–Crippen MR) is 141 cm³/mol. The molecule has 5 rings (SSSR count). The maximum absolute atomic E-state index is 14.2. The number of benzene rings is 2. The van der Waals surface area contributed by atoms with Gasteiger partial charge in [0.05, 0.1) is 31.6 Å². The van der Waals surface area contributed by atoms with Gasteiger partial charge < -0.3 is 29.5 Å². The SMILES string of the molecule is N[C@@H](CC(=O)O)C(=O)OCOC(C(=O)OC1CC2CCC(C1)[N+]21CCCC1)(c1ccccc1)c1ccccc1. The third-order valence-corrected chi connectivity index (χ3v) is 8.85. The Hall–Kier alpha value is -3.27. The molecular weight excluding hydrogens is 500 g/mol. The number of carbonyl (C=O) groups excluding carboxylic acids is 2. The van der Waals surface area contributed by atoms with Gasteiger partial charge in [0, 0.05) is 38.5 Å². The van der Waals surface area contributed by atoms with Crippen molar-refractivity contribution in [1.29, 1.82) is 0 Å². The molecule has 0 saturated carbocycles. The number of quaternary nitrogens is 1. The summed E-state index contributed by atoms with van der Waals surface area (Å²) in [5, 5.41) is 8.94. The number of piperidine rings is 1. The van der Waals surface area contributed by atoms with Gasteiger partial charge >= 0.3 is 17.9 Å². The zero-order valence-corrected chi connectivity index (χ0v) is 22.1. The van der Waals surface area contributed by atoms with Crippen LogP contribution in [0, 0.1) is 0 Å². The van der Waals surface area contributed by atoms with Crippen molar-refractivity contribution in [1.82, 2.24) is 0 Å². The predicted octanol–water partition coefficient (Wildman–Crippen LogP) is 3.10. The highest BCUT2D eigenvalue weighted by atomic mass is 16.7. The van der Waals surface area contributed by atoms with Crippen molar-refractivity contribution in [2.75, 3.05) is 19.9 Å². The fourth-order valence-corrected chi connectivity index (χ4v) is 7.07. The van der Waals surface area contributed by atoms with Crippen LogP contribution < -0.4 is 5.73 Å². The summed E-state index contributed by atoms with van der Waals surface area (Å²) >= 11 is 0. The second kappa shape index (κ2) is 11.5. The summed E-state index contributed by atoms with van der Waals surface area (Å²) in [6, 6.07) is 17.7. The van der Waals surface area contributed by atoms with Crippen LogP contribution in [0.5, 0.6) is 0 Å². The molecule has 3 saturated heterocycles. The van der Waals surface area contributed by atoms with E-state index >= 15 is 0 Å². The van der Waals surface area contributed by atoms with E-state index in [1.807, 2.05) is 12.1 Å². The Morgan fingerprint density at radius 3 is 1.97 bits per heavy atom. The topological polar surface area (TPSA) is 125 Å². The van der Waals surface area contributed by atoms with Crippen LogP contribution in [-0.4, -0.2) is 71.6 Å². The molecule has 3 aliphatic heterocycles. The molecule has 0 amide bonds. The van der Waals surface area contributed by atoms with Gasteiger partial charge in [0.1, 0.15) is 12.1 Å². The molecule has 2 aromatic carbocycles. The lowest BCUT2D eigenvalue weighted by molar-refractivity contribution is -0.956. The van der Waals surface area contributed by atoms with Crippen LogP contribution in [0.4, 0.5) is 0 Å². The molecule has 0 radical (unpaired) electrons. The average molecular weight is 538 g/mol. The van der Waals surface area contributed by atoms with Gasteiger partial charge in [0.2, 0.25) is 5.60 Å². The van der Waals surface area contributed by atoms with Crippen LogP contribution in [0.25, 0.3) is 0 Å². The summed E-state index contributed by atoms with van der Waals surface area (Å²) in [4.78, 5) is 37.5. The first-order chi connectivity index (χ1) is 18.8. The molecule has 208 valence electrons. The summed E-state index contributed by atoms with van der Waals surface area (Å²) in [5.74, 6) is -2.71. The second-order valence-corrected chi connectivity index (χ2v) is 11.0. The number of ether oxygens (including phenoxy) is 3. The first kappa shape index (κ1) is 27.3. The van der Waals surface area contributed by atoms with Crippen LogP contribution in [0.2, 0.25) is 0 Å². The van der Waals surface area contributed by atoms with Crippen molar-refractivity contribution in [3.63, 3.8) is 0 Å². The summed E-state index contributed by atoms with van der Waals surface area (Å²) in [7, 11) is 0. The van der Waals surface area contributed by atoms with E-state index in [9.17, 15) is 14.4 Å². The van der Waals surface area contributed by atoms with Crippen molar-refractivity contribution >= 4 is 17.9 Å². The van der Waals surface area contributed by atoms with E-state index in [2.05, 4.69) is 0 Å². The highest BCUT2D eigenvalue weighted by molar-refractivity contribution is 5.86. The molecule has 3 heterocycles. The number of nitrogens with zero attached hydrogens (tertiary/aromatic N) is 1. The minimum Gasteiger partial charge on any atom is -0.481 e. The Kier molecular flexibility index (Phi) is 8.02. The molecule has 0 aromatic heterocycles. The molecule has 3 atom stereocenters. The van der Waals surface area contributed by atoms with Crippen LogP contribution in [0.15, 0.2) is 60.7 Å². The lowest BCUT2D eigenvalue weighted by Crippen LogP contribution is -2.60. The monoisotopic (exact) mass is 537 g/mol. The van der Waals surface area contributed by atoms with Crippen molar-refractivity contribution in [3.05, 3.63) is 71.8 Å². The number of carboxylic acids is 1. The summed E-state index contributed by atoms with van der Waals surface area (Å²) < 4.78 is 18.8. The van der Waals surface area contributed by atoms with E-state index in [0.717, 1.165) is 12.8 Å². The van der Waals surface area contributed by atoms with Crippen molar-refractivity contribution in [2.24, 2.45) is 5.73 Å². The Labute approximate surface area is 228 Å². The highest BCUT2D eigenvalue weighted by Gasteiger charge is 2.57. The first-order valence-corrected chi connectivity index (χ1v) is 13.8. The van der Waals surface area contributed by atoms with Crippen molar-refractivity contribution in [3.8, 4) is 0 Å². The van der Waals surface area contributed by atoms with E-state index in [1.54, 1.807) is 48.5 Å². The van der Waals surface area contributed by atoms with E-state index < -0.39 is 42.8 Å². The third-order valence-electron chi connectivity index (χ3n) is 8.85. The van der Waals surface area contributed by atoms with Gasteiger partial charge in [-0.2, -0.15) is 0 Å². The maximum Gasteiger partial charge on any atom is 0.348 e. The number of rotatable bonds is 10. The maximum atomic E-state index is 14.2. The largest absolute Gasteiger partial charge is 0.481 e. The van der Waals surface area contributed by atoms with Crippen LogP contribution in [0.1, 0.15) is 56.1 Å². The molecule has 0 aliphatic carbocycles. The lowest BCUT2D eigenvalue weighted by Gasteiger charge is -2.47. The molecule has 9 heteroatoms. The number of carbonyl (C=O) groups is 3. The number of carboxylic acid groups (broad SMARTS) is 1. The molecule has 39 heavy (non-hydrogen) atoms. The molecule has 3 N–H and O–H groups in total. The standard InChI is InChI=1S/C30H36N2O7/c31-26(19-27(33)34)28(35)37-20-38-30(21-9-3-1-4-10-21,22-11-5-2-6-12-22)29(36)39-25-17-23-13-14-24(18-25)32(23)15-7-8-16-32/h1-6,9-12,23-26H,7-8,13-20,31H2/p+1/t23?,24?,25?,26-/m0/s1. The smallest absolute Gasteiger partial charge is 0.348 e. The summed E-state index contributed by atoms with van der Waals surface area (Å²) in [5.41, 5.74) is 5.02. The van der Waals surface area contributed by atoms with Gasteiger partial charge in [-0.15, -0.1) is 0 Å². The summed E-state index contributed by atoms with van der Waals surface area (Å²) in [6.45, 7) is 1.85. The molecular formula is C30H37N2O7+. The Morgan fingerprint density at radius 1 is 0.923 bits per heavy atom. The fourth-order valence-electron chi connectivity index (χ4n) is 7.07. The van der Waals surface area contributed by atoms with Crippen LogP contribution >= 0.6 is 0 Å². The van der Waals surface area contributed by atoms with Gasteiger partial charge in [0.15, 0.2) is 6.79 Å². The highest BCUT2D eigenvalue weighted by Crippen LogP contribution is 2.47. The quantitative estimate of drug-likeness (QED) is 0.269. The Morgan fingerprint density at radius 2 is 1.46 bits per heavy atom. The van der Waals surface area contributed by atoms with Gasteiger partial charge in [0.25, 0.3) is 0 Å². The normalized spacial score (nSPS) is 24.3.